The van der Waals surface area contributed by atoms with Gasteiger partial charge in [-0.2, -0.15) is 0 Å². The molecule has 1 unspecified atom stereocenters. The Labute approximate surface area is 169 Å². The molecule has 1 heterocycles. The minimum absolute atomic E-state index is 0. The first-order valence-corrected chi connectivity index (χ1v) is 8.81. The molecule has 0 spiro atoms. The van der Waals surface area contributed by atoms with Crippen molar-refractivity contribution in [3.63, 3.8) is 0 Å². The zero-order valence-corrected chi connectivity index (χ0v) is 16.7. The van der Waals surface area contributed by atoms with Crippen LogP contribution in [-0.2, 0) is 14.4 Å². The van der Waals surface area contributed by atoms with Crippen LogP contribution in [0.2, 0.25) is 0 Å². The summed E-state index contributed by atoms with van der Waals surface area (Å²) in [7, 11) is 0. The molecule has 1 aliphatic rings. The first-order valence-electron chi connectivity index (χ1n) is 8.81. The molecule has 1 aliphatic heterocycles. The van der Waals surface area contributed by atoms with Gasteiger partial charge in [0.25, 0.3) is 0 Å². The van der Waals surface area contributed by atoms with Crippen LogP contribution in [0.5, 0.6) is 0 Å². The molecule has 5 amide bonds. The smallest absolute Gasteiger partial charge is 0.324 e. The summed E-state index contributed by atoms with van der Waals surface area (Å²) in [4.78, 5) is 48.0. The van der Waals surface area contributed by atoms with Gasteiger partial charge in [-0.15, -0.1) is 12.4 Å². The Kier molecular flexibility index (Phi) is 8.39. The molecule has 5 N–H and O–H groups in total. The number of hydrogen-bond donors (Lipinski definition) is 4. The Balaban J connectivity index is 0.00000392. The number of imide groups is 1. The Bertz CT molecular complexity index is 720. The van der Waals surface area contributed by atoms with Crippen molar-refractivity contribution < 1.29 is 19.2 Å². The number of hydrogen-bond acceptors (Lipinski definition) is 5. The third kappa shape index (κ3) is 6.21. The van der Waals surface area contributed by atoms with Gasteiger partial charge in [0, 0.05) is 24.3 Å². The molecular weight excluding hydrogens is 386 g/mol. The Hall–Kier alpha value is -2.65. The van der Waals surface area contributed by atoms with Crippen LogP contribution in [0.15, 0.2) is 24.3 Å². The van der Waals surface area contributed by atoms with Crippen LogP contribution in [0.4, 0.5) is 16.2 Å². The van der Waals surface area contributed by atoms with Crippen molar-refractivity contribution in [3.05, 3.63) is 24.3 Å². The molecule has 2 rings (SSSR count). The second-order valence-corrected chi connectivity index (χ2v) is 6.70. The molecular formula is C18H26ClN5O4. The van der Waals surface area contributed by atoms with Crippen molar-refractivity contribution >= 4 is 47.5 Å². The average molecular weight is 412 g/mol. The minimum Gasteiger partial charge on any atom is -0.329 e. The van der Waals surface area contributed by atoms with Crippen LogP contribution in [0, 0.1) is 0 Å². The molecule has 28 heavy (non-hydrogen) atoms. The van der Waals surface area contributed by atoms with Crippen LogP contribution in [0.3, 0.4) is 0 Å². The number of nitrogens with zero attached hydrogens (tertiary/aromatic N) is 1. The molecule has 9 nitrogen and oxygen atoms in total. The van der Waals surface area contributed by atoms with Crippen LogP contribution in [0.25, 0.3) is 0 Å². The molecule has 154 valence electrons. The molecule has 10 heteroatoms. The van der Waals surface area contributed by atoms with Gasteiger partial charge in [-0.3, -0.25) is 19.3 Å². The first kappa shape index (κ1) is 23.4. The summed E-state index contributed by atoms with van der Waals surface area (Å²) in [6, 6.07) is 6.13. The lowest BCUT2D eigenvalue weighted by atomic mass is 9.96. The third-order valence-electron chi connectivity index (χ3n) is 4.21. The standard InChI is InChI=1S/C18H25N5O4.ClH/c1-3-9-18(2,19)16(26)22-13-6-4-12(5-7-13)21-14(24)8-10-23-15(25)11-20-17(23)27;/h4-7H,3,8-11,19H2,1-2H3,(H,20,27)(H,21,24)(H,22,26);1H. The van der Waals surface area contributed by atoms with E-state index in [-0.39, 0.29) is 49.6 Å². The fourth-order valence-corrected chi connectivity index (χ4v) is 2.66. The summed E-state index contributed by atoms with van der Waals surface area (Å²) in [6.07, 6.45) is 1.38. The highest BCUT2D eigenvalue weighted by Gasteiger charge is 2.28. The van der Waals surface area contributed by atoms with E-state index < -0.39 is 11.6 Å². The van der Waals surface area contributed by atoms with E-state index in [0.717, 1.165) is 11.3 Å². The van der Waals surface area contributed by atoms with Gasteiger partial charge in [-0.05, 0) is 37.6 Å². The van der Waals surface area contributed by atoms with Crippen molar-refractivity contribution in [1.82, 2.24) is 10.2 Å². The summed E-state index contributed by atoms with van der Waals surface area (Å²) in [5.74, 6) is -0.936. The molecule has 1 aromatic rings. The second kappa shape index (κ2) is 10.0. The summed E-state index contributed by atoms with van der Waals surface area (Å²) >= 11 is 0. The van der Waals surface area contributed by atoms with Crippen molar-refractivity contribution in [1.29, 1.82) is 0 Å². The van der Waals surface area contributed by atoms with Gasteiger partial charge in [0.05, 0.1) is 12.1 Å². The maximum atomic E-state index is 12.2. The van der Waals surface area contributed by atoms with Crippen LogP contribution >= 0.6 is 12.4 Å². The summed E-state index contributed by atoms with van der Waals surface area (Å²) in [5, 5.41) is 7.83. The second-order valence-electron chi connectivity index (χ2n) is 6.70. The molecule has 0 aliphatic carbocycles. The van der Waals surface area contributed by atoms with Crippen molar-refractivity contribution in [2.75, 3.05) is 23.7 Å². The normalized spacial score (nSPS) is 15.3. The monoisotopic (exact) mass is 411 g/mol. The number of carbonyl (C=O) groups excluding carboxylic acids is 4. The quantitative estimate of drug-likeness (QED) is 0.480. The zero-order chi connectivity index (χ0) is 20.0. The lowest BCUT2D eigenvalue weighted by Crippen LogP contribution is -2.48. The van der Waals surface area contributed by atoms with E-state index in [1.54, 1.807) is 31.2 Å². The average Bonchev–Trinajstić information content (AvgIpc) is 2.93. The van der Waals surface area contributed by atoms with Crippen molar-refractivity contribution in [3.8, 4) is 0 Å². The molecule has 0 aromatic heterocycles. The van der Waals surface area contributed by atoms with Gasteiger partial charge in [-0.25, -0.2) is 4.79 Å². The van der Waals surface area contributed by atoms with E-state index in [2.05, 4.69) is 16.0 Å². The van der Waals surface area contributed by atoms with Crippen LogP contribution in [0.1, 0.15) is 33.1 Å². The lowest BCUT2D eigenvalue weighted by molar-refractivity contribution is -0.125. The SMILES string of the molecule is CCCC(C)(N)C(=O)Nc1ccc(NC(=O)CCN2C(=O)CNC2=O)cc1.Cl. The predicted molar refractivity (Wildman–Crippen MR) is 108 cm³/mol. The van der Waals surface area contributed by atoms with Crippen molar-refractivity contribution in [2.24, 2.45) is 5.73 Å². The highest BCUT2D eigenvalue weighted by molar-refractivity contribution is 6.02. The number of urea groups is 1. The molecule has 1 fully saturated rings. The number of rotatable bonds is 8. The Morgan fingerprint density at radius 3 is 2.25 bits per heavy atom. The Morgan fingerprint density at radius 2 is 1.75 bits per heavy atom. The molecule has 0 saturated carbocycles. The lowest BCUT2D eigenvalue weighted by Gasteiger charge is -2.22. The largest absolute Gasteiger partial charge is 0.329 e. The van der Waals surface area contributed by atoms with E-state index in [9.17, 15) is 19.2 Å². The van der Waals surface area contributed by atoms with Gasteiger partial charge >= 0.3 is 6.03 Å². The summed E-state index contributed by atoms with van der Waals surface area (Å²) < 4.78 is 0. The van der Waals surface area contributed by atoms with E-state index in [4.69, 9.17) is 5.73 Å². The number of anilines is 2. The maximum Gasteiger partial charge on any atom is 0.324 e. The first-order chi connectivity index (χ1) is 12.7. The number of nitrogens with one attached hydrogen (secondary N) is 3. The van der Waals surface area contributed by atoms with Gasteiger partial charge in [-0.1, -0.05) is 13.3 Å². The van der Waals surface area contributed by atoms with Gasteiger partial charge < -0.3 is 21.7 Å². The fraction of sp³-hybridized carbons (Fsp3) is 0.444. The van der Waals surface area contributed by atoms with Crippen LogP contribution < -0.4 is 21.7 Å². The van der Waals surface area contributed by atoms with Crippen molar-refractivity contribution in [2.45, 2.75) is 38.6 Å². The highest BCUT2D eigenvalue weighted by Crippen LogP contribution is 2.17. The highest BCUT2D eigenvalue weighted by atomic mass is 35.5. The molecule has 1 aromatic carbocycles. The summed E-state index contributed by atoms with van der Waals surface area (Å²) in [5.41, 5.74) is 6.17. The van der Waals surface area contributed by atoms with E-state index in [0.29, 0.717) is 17.8 Å². The van der Waals surface area contributed by atoms with E-state index >= 15 is 0 Å². The fourth-order valence-electron chi connectivity index (χ4n) is 2.66. The maximum absolute atomic E-state index is 12.2. The molecule has 0 radical (unpaired) electrons. The molecule has 1 atom stereocenters. The van der Waals surface area contributed by atoms with Gasteiger partial charge in [0.2, 0.25) is 17.7 Å². The van der Waals surface area contributed by atoms with Gasteiger partial charge in [0.15, 0.2) is 0 Å². The zero-order valence-electron chi connectivity index (χ0n) is 15.9. The number of amides is 5. The number of benzene rings is 1. The minimum atomic E-state index is -0.944. The predicted octanol–water partition coefficient (Wildman–Crippen LogP) is 1.44. The number of halogens is 1. The van der Waals surface area contributed by atoms with E-state index in [1.807, 2.05) is 6.92 Å². The topological polar surface area (TPSA) is 134 Å². The molecule has 1 saturated heterocycles. The molecule has 0 bridgehead atoms. The van der Waals surface area contributed by atoms with Crippen LogP contribution in [-0.4, -0.2) is 47.3 Å². The number of nitrogens with two attached hydrogens (primary N) is 1. The summed E-state index contributed by atoms with van der Waals surface area (Å²) in [6.45, 7) is 3.64. The van der Waals surface area contributed by atoms with Gasteiger partial charge in [0.1, 0.15) is 0 Å². The third-order valence-corrected chi connectivity index (χ3v) is 4.21. The Morgan fingerprint density at radius 1 is 1.18 bits per heavy atom. The number of carbonyl (C=O) groups is 4. The van der Waals surface area contributed by atoms with E-state index in [1.165, 1.54) is 0 Å².